The fourth-order valence-electron chi connectivity index (χ4n) is 4.44. The van der Waals surface area contributed by atoms with Crippen molar-refractivity contribution in [3.05, 3.63) is 35.9 Å². The third-order valence-electron chi connectivity index (χ3n) is 6.19. The standard InChI is InChI=1S/C23H28N4O8/c1-33-23(32)25-15-9-10-18(28)26-11-5-8-17(27(26)21(15)31)20(30)24-16-12-19(29)35-22(16)34-13-14-6-3-2-4-7-14/h2-4,6-7,15-17,22H,5,8-13H2,1H3,(H,24,30)(H,25,32)/t15-,16-,17-,22?/m0/s1. The van der Waals surface area contributed by atoms with E-state index in [2.05, 4.69) is 15.4 Å². The van der Waals surface area contributed by atoms with Gasteiger partial charge in [-0.25, -0.2) is 9.80 Å². The average Bonchev–Trinajstić information content (AvgIpc) is 3.17. The van der Waals surface area contributed by atoms with Crippen molar-refractivity contribution in [2.24, 2.45) is 0 Å². The van der Waals surface area contributed by atoms with E-state index in [0.29, 0.717) is 12.8 Å². The summed E-state index contributed by atoms with van der Waals surface area (Å²) < 4.78 is 15.6. The Labute approximate surface area is 201 Å². The number of rotatable bonds is 6. The summed E-state index contributed by atoms with van der Waals surface area (Å²) in [5.41, 5.74) is 0.876. The smallest absolute Gasteiger partial charge is 0.407 e. The van der Waals surface area contributed by atoms with Crippen LogP contribution in [0.4, 0.5) is 4.79 Å². The van der Waals surface area contributed by atoms with Gasteiger partial charge in [-0.05, 0) is 24.8 Å². The second-order valence-corrected chi connectivity index (χ2v) is 8.56. The molecule has 0 aliphatic carbocycles. The van der Waals surface area contributed by atoms with E-state index in [-0.39, 0.29) is 38.3 Å². The molecule has 4 atom stereocenters. The highest BCUT2D eigenvalue weighted by Crippen LogP contribution is 2.26. The fraction of sp³-hybridized carbons (Fsp3) is 0.522. The summed E-state index contributed by atoms with van der Waals surface area (Å²) in [5, 5.41) is 7.61. The summed E-state index contributed by atoms with van der Waals surface area (Å²) in [6, 6.07) is 6.55. The largest absolute Gasteiger partial charge is 0.453 e. The summed E-state index contributed by atoms with van der Waals surface area (Å²) in [6.07, 6.45) is -0.926. The van der Waals surface area contributed by atoms with Gasteiger partial charge in [0, 0.05) is 13.0 Å². The van der Waals surface area contributed by atoms with E-state index in [4.69, 9.17) is 9.47 Å². The summed E-state index contributed by atoms with van der Waals surface area (Å²) in [7, 11) is 1.17. The molecule has 3 saturated heterocycles. The summed E-state index contributed by atoms with van der Waals surface area (Å²) >= 11 is 0. The molecule has 1 aromatic rings. The van der Waals surface area contributed by atoms with Crippen LogP contribution in [0.2, 0.25) is 0 Å². The Morgan fingerprint density at radius 2 is 1.89 bits per heavy atom. The van der Waals surface area contributed by atoms with Crippen molar-refractivity contribution < 1.29 is 38.2 Å². The summed E-state index contributed by atoms with van der Waals surface area (Å²) in [6.45, 7) is 0.468. The molecule has 2 N–H and O–H groups in total. The van der Waals surface area contributed by atoms with E-state index in [9.17, 15) is 24.0 Å². The Hall–Kier alpha value is -3.67. The number of hydrogen-bond acceptors (Lipinski definition) is 8. The Kier molecular flexibility index (Phi) is 7.49. The second-order valence-electron chi connectivity index (χ2n) is 8.56. The van der Waals surface area contributed by atoms with Crippen molar-refractivity contribution in [3.63, 3.8) is 0 Å². The lowest BCUT2D eigenvalue weighted by molar-refractivity contribution is -0.177. The molecule has 3 aliphatic heterocycles. The topological polar surface area (TPSA) is 144 Å². The zero-order valence-electron chi connectivity index (χ0n) is 19.3. The van der Waals surface area contributed by atoms with Crippen LogP contribution in [0, 0.1) is 0 Å². The van der Waals surface area contributed by atoms with Crippen molar-refractivity contribution in [1.29, 1.82) is 0 Å². The van der Waals surface area contributed by atoms with Gasteiger partial charge in [0.1, 0.15) is 18.1 Å². The van der Waals surface area contributed by atoms with Gasteiger partial charge in [0.05, 0.1) is 20.1 Å². The molecule has 1 aromatic carbocycles. The first-order valence-electron chi connectivity index (χ1n) is 11.5. The van der Waals surface area contributed by atoms with Gasteiger partial charge < -0.3 is 24.8 Å². The molecule has 188 valence electrons. The summed E-state index contributed by atoms with van der Waals surface area (Å²) in [5.74, 6) is -1.93. The number of ether oxygens (including phenoxy) is 3. The monoisotopic (exact) mass is 488 g/mol. The maximum absolute atomic E-state index is 13.3. The number of amides is 4. The predicted octanol–water partition coefficient (Wildman–Crippen LogP) is 0.214. The van der Waals surface area contributed by atoms with E-state index in [1.165, 1.54) is 12.1 Å². The Bertz CT molecular complexity index is 987. The lowest BCUT2D eigenvalue weighted by Crippen LogP contribution is -2.64. The third-order valence-corrected chi connectivity index (χ3v) is 6.19. The molecule has 0 saturated carbocycles. The van der Waals surface area contributed by atoms with Crippen molar-refractivity contribution >= 4 is 29.8 Å². The van der Waals surface area contributed by atoms with Crippen LogP contribution in [0.3, 0.4) is 0 Å². The number of hydrogen-bond donors (Lipinski definition) is 2. The Morgan fingerprint density at radius 1 is 1.11 bits per heavy atom. The van der Waals surface area contributed by atoms with E-state index < -0.39 is 48.3 Å². The van der Waals surface area contributed by atoms with Crippen LogP contribution in [0.25, 0.3) is 0 Å². The van der Waals surface area contributed by atoms with Gasteiger partial charge in [0.25, 0.3) is 5.91 Å². The lowest BCUT2D eigenvalue weighted by atomic mass is 10.0. The van der Waals surface area contributed by atoms with Crippen LogP contribution in [-0.2, 0) is 40.0 Å². The van der Waals surface area contributed by atoms with Crippen molar-refractivity contribution in [2.75, 3.05) is 13.7 Å². The molecule has 3 heterocycles. The molecule has 3 aliphatic rings. The van der Waals surface area contributed by atoms with Gasteiger partial charge in [-0.1, -0.05) is 30.3 Å². The molecule has 0 bridgehead atoms. The SMILES string of the molecule is COC(=O)N[C@H]1CCC(=O)N2CCC[C@@H](C(=O)N[C@H]3CC(=O)OC3OCc3ccccc3)N2C1=O. The molecule has 4 amide bonds. The third kappa shape index (κ3) is 5.53. The number of nitrogens with zero attached hydrogens (tertiary/aromatic N) is 2. The Balaban J connectivity index is 1.46. The zero-order valence-corrected chi connectivity index (χ0v) is 19.3. The van der Waals surface area contributed by atoms with Crippen LogP contribution < -0.4 is 10.6 Å². The number of carbonyl (C=O) groups is 5. The first-order chi connectivity index (χ1) is 16.9. The van der Waals surface area contributed by atoms with Crippen LogP contribution in [0.15, 0.2) is 30.3 Å². The number of benzene rings is 1. The van der Waals surface area contributed by atoms with Crippen LogP contribution in [0.1, 0.15) is 37.7 Å². The zero-order chi connectivity index (χ0) is 24.9. The average molecular weight is 488 g/mol. The fourth-order valence-corrected chi connectivity index (χ4v) is 4.44. The molecule has 12 nitrogen and oxygen atoms in total. The van der Waals surface area contributed by atoms with Gasteiger partial charge in [-0.2, -0.15) is 0 Å². The van der Waals surface area contributed by atoms with Gasteiger partial charge in [0.15, 0.2) is 0 Å². The van der Waals surface area contributed by atoms with E-state index in [0.717, 1.165) is 10.6 Å². The molecule has 35 heavy (non-hydrogen) atoms. The van der Waals surface area contributed by atoms with Crippen molar-refractivity contribution in [1.82, 2.24) is 20.7 Å². The van der Waals surface area contributed by atoms with E-state index in [1.807, 2.05) is 30.3 Å². The minimum atomic E-state index is -1.01. The predicted molar refractivity (Wildman–Crippen MR) is 118 cm³/mol. The van der Waals surface area contributed by atoms with Crippen LogP contribution >= 0.6 is 0 Å². The molecule has 12 heteroatoms. The maximum atomic E-state index is 13.3. The number of methoxy groups -OCH3 is 1. The number of hydrazine groups is 1. The summed E-state index contributed by atoms with van der Waals surface area (Å²) in [4.78, 5) is 63.0. The van der Waals surface area contributed by atoms with Gasteiger partial charge in [0.2, 0.25) is 18.1 Å². The number of cyclic esters (lactones) is 1. The molecular formula is C23H28N4O8. The minimum Gasteiger partial charge on any atom is -0.453 e. The second kappa shape index (κ2) is 10.7. The quantitative estimate of drug-likeness (QED) is 0.541. The molecule has 4 rings (SSSR count). The van der Waals surface area contributed by atoms with Crippen molar-refractivity contribution in [2.45, 2.75) is 63.1 Å². The molecule has 0 radical (unpaired) electrons. The number of alkyl carbamates (subject to hydrolysis) is 1. The van der Waals surface area contributed by atoms with E-state index >= 15 is 0 Å². The molecule has 0 aromatic heterocycles. The highest BCUT2D eigenvalue weighted by molar-refractivity contribution is 5.95. The molecular weight excluding hydrogens is 460 g/mol. The normalized spacial score (nSPS) is 26.5. The number of carbonyl (C=O) groups excluding carboxylic acids is 5. The first-order valence-corrected chi connectivity index (χ1v) is 11.5. The first kappa shape index (κ1) is 24.5. The molecule has 1 unspecified atom stereocenters. The molecule has 0 spiro atoms. The van der Waals surface area contributed by atoms with Gasteiger partial charge >= 0.3 is 12.1 Å². The van der Waals surface area contributed by atoms with Crippen LogP contribution in [0.5, 0.6) is 0 Å². The van der Waals surface area contributed by atoms with Crippen LogP contribution in [-0.4, -0.2) is 77.9 Å². The lowest BCUT2D eigenvalue weighted by Gasteiger charge is -2.43. The van der Waals surface area contributed by atoms with Crippen molar-refractivity contribution in [3.8, 4) is 0 Å². The minimum absolute atomic E-state index is 0.0333. The number of fused-ring (bicyclic) bond motifs is 1. The molecule has 3 fully saturated rings. The number of esters is 1. The number of nitrogens with one attached hydrogen (secondary N) is 2. The maximum Gasteiger partial charge on any atom is 0.407 e. The highest BCUT2D eigenvalue weighted by Gasteiger charge is 2.46. The van der Waals surface area contributed by atoms with Gasteiger partial charge in [-0.3, -0.25) is 24.2 Å². The highest BCUT2D eigenvalue weighted by atomic mass is 16.7. The Morgan fingerprint density at radius 3 is 2.63 bits per heavy atom. The van der Waals surface area contributed by atoms with E-state index in [1.54, 1.807) is 0 Å². The van der Waals surface area contributed by atoms with Gasteiger partial charge in [-0.15, -0.1) is 0 Å².